The number of hydrogen-bond acceptors (Lipinski definition) is 2. The van der Waals surface area contributed by atoms with Crippen molar-refractivity contribution in [2.45, 2.75) is 5.92 Å². The van der Waals surface area contributed by atoms with E-state index in [4.69, 9.17) is 5.11 Å². The van der Waals surface area contributed by atoms with Crippen LogP contribution in [0.2, 0.25) is 0 Å². The van der Waals surface area contributed by atoms with Gasteiger partial charge in [-0.05, 0) is 5.56 Å². The molecule has 0 heterocycles. The molecule has 0 saturated heterocycles. The summed E-state index contributed by atoms with van der Waals surface area (Å²) >= 11 is 0. The van der Waals surface area contributed by atoms with Gasteiger partial charge in [0.15, 0.2) is 0 Å². The van der Waals surface area contributed by atoms with E-state index in [-0.39, 0.29) is 12.5 Å². The average Bonchev–Trinajstić information content (AvgIpc) is 2.20. The number of nitrogens with zero attached hydrogens (tertiary/aromatic N) is 1. The van der Waals surface area contributed by atoms with E-state index >= 15 is 0 Å². The number of aliphatic hydroxyl groups excluding tert-OH is 1. The second-order valence-electron chi connectivity index (χ2n) is 3.38. The van der Waals surface area contributed by atoms with Crippen molar-refractivity contribution in [1.82, 2.24) is 4.90 Å². The van der Waals surface area contributed by atoms with E-state index in [1.54, 1.807) is 14.1 Å². The molecule has 1 aromatic carbocycles. The van der Waals surface area contributed by atoms with Crippen molar-refractivity contribution in [3.63, 3.8) is 0 Å². The first-order valence-electron chi connectivity index (χ1n) is 4.53. The fourth-order valence-electron chi connectivity index (χ4n) is 1.32. The summed E-state index contributed by atoms with van der Waals surface area (Å²) in [5, 5.41) is 9.15. The zero-order valence-corrected chi connectivity index (χ0v) is 8.47. The Morgan fingerprint density at radius 2 is 1.93 bits per heavy atom. The summed E-state index contributed by atoms with van der Waals surface area (Å²) in [5.41, 5.74) is 0.855. The second kappa shape index (κ2) is 4.77. The van der Waals surface area contributed by atoms with Gasteiger partial charge in [-0.1, -0.05) is 30.3 Å². The monoisotopic (exact) mass is 193 g/mol. The Morgan fingerprint density at radius 3 is 2.36 bits per heavy atom. The average molecular weight is 193 g/mol. The quantitative estimate of drug-likeness (QED) is 0.773. The van der Waals surface area contributed by atoms with Gasteiger partial charge in [0.2, 0.25) is 5.91 Å². The predicted octanol–water partition coefficient (Wildman–Crippen LogP) is 0.851. The third kappa shape index (κ3) is 2.33. The Kier molecular flexibility index (Phi) is 3.65. The van der Waals surface area contributed by atoms with Crippen LogP contribution in [0.25, 0.3) is 0 Å². The van der Waals surface area contributed by atoms with E-state index in [2.05, 4.69) is 0 Å². The highest BCUT2D eigenvalue weighted by Crippen LogP contribution is 2.16. The minimum Gasteiger partial charge on any atom is -0.395 e. The molecule has 0 saturated carbocycles. The van der Waals surface area contributed by atoms with Crippen molar-refractivity contribution in [2.24, 2.45) is 0 Å². The van der Waals surface area contributed by atoms with Gasteiger partial charge < -0.3 is 10.0 Å². The van der Waals surface area contributed by atoms with Crippen LogP contribution in [0.5, 0.6) is 0 Å². The highest BCUT2D eigenvalue weighted by molar-refractivity contribution is 5.83. The highest BCUT2D eigenvalue weighted by Gasteiger charge is 2.20. The van der Waals surface area contributed by atoms with E-state index < -0.39 is 5.92 Å². The van der Waals surface area contributed by atoms with Gasteiger partial charge in [0.1, 0.15) is 0 Å². The molecule has 3 heteroatoms. The highest BCUT2D eigenvalue weighted by atomic mass is 16.3. The van der Waals surface area contributed by atoms with Gasteiger partial charge in [0.05, 0.1) is 12.5 Å². The van der Waals surface area contributed by atoms with Crippen molar-refractivity contribution in [1.29, 1.82) is 0 Å². The molecule has 0 aliphatic heterocycles. The number of likely N-dealkylation sites (N-methyl/N-ethyl adjacent to an activating group) is 1. The number of amides is 1. The van der Waals surface area contributed by atoms with Gasteiger partial charge in [-0.25, -0.2) is 0 Å². The fraction of sp³-hybridized carbons (Fsp3) is 0.364. The standard InChI is InChI=1S/C11H15NO2/c1-12(2)11(14)10(8-13)9-6-4-3-5-7-9/h3-7,10,13H,8H2,1-2H3/t10-/m1/s1. The SMILES string of the molecule is CN(C)C(=O)[C@H](CO)c1ccccc1. The number of carbonyl (C=O) groups excluding carboxylic acids is 1. The Morgan fingerprint density at radius 1 is 1.36 bits per heavy atom. The molecule has 0 aromatic heterocycles. The lowest BCUT2D eigenvalue weighted by Crippen LogP contribution is -2.30. The van der Waals surface area contributed by atoms with Gasteiger partial charge in [-0.15, -0.1) is 0 Å². The Labute approximate surface area is 84.0 Å². The molecule has 0 aliphatic rings. The van der Waals surface area contributed by atoms with Crippen molar-refractivity contribution in [3.8, 4) is 0 Å². The van der Waals surface area contributed by atoms with Gasteiger partial charge in [0.25, 0.3) is 0 Å². The molecular formula is C11H15NO2. The van der Waals surface area contributed by atoms with Crippen LogP contribution in [-0.4, -0.2) is 36.6 Å². The molecule has 0 aliphatic carbocycles. The van der Waals surface area contributed by atoms with Crippen LogP contribution in [0.3, 0.4) is 0 Å². The number of rotatable bonds is 3. The third-order valence-corrected chi connectivity index (χ3v) is 2.12. The Bertz CT molecular complexity index is 295. The van der Waals surface area contributed by atoms with Crippen molar-refractivity contribution in [2.75, 3.05) is 20.7 Å². The van der Waals surface area contributed by atoms with Crippen molar-refractivity contribution in [3.05, 3.63) is 35.9 Å². The number of aliphatic hydroxyl groups is 1. The van der Waals surface area contributed by atoms with Crippen molar-refractivity contribution >= 4 is 5.91 Å². The van der Waals surface area contributed by atoms with E-state index in [9.17, 15) is 4.79 Å². The number of hydrogen-bond donors (Lipinski definition) is 1. The molecule has 0 fully saturated rings. The molecule has 1 aromatic rings. The van der Waals surface area contributed by atoms with Gasteiger partial charge in [0, 0.05) is 14.1 Å². The summed E-state index contributed by atoms with van der Waals surface area (Å²) < 4.78 is 0. The lowest BCUT2D eigenvalue weighted by molar-refractivity contribution is -0.131. The summed E-state index contributed by atoms with van der Waals surface area (Å²) in [7, 11) is 3.38. The molecule has 14 heavy (non-hydrogen) atoms. The minimum absolute atomic E-state index is 0.0706. The Balaban J connectivity index is 2.88. The summed E-state index contributed by atoms with van der Waals surface area (Å²) in [4.78, 5) is 13.1. The van der Waals surface area contributed by atoms with Crippen LogP contribution in [0, 0.1) is 0 Å². The zero-order chi connectivity index (χ0) is 10.6. The summed E-state index contributed by atoms with van der Waals surface area (Å²) in [6.45, 7) is -0.152. The molecule has 0 unspecified atom stereocenters. The maximum atomic E-state index is 11.6. The van der Waals surface area contributed by atoms with E-state index in [1.165, 1.54) is 4.90 Å². The lowest BCUT2D eigenvalue weighted by atomic mass is 9.99. The van der Waals surface area contributed by atoms with Crippen LogP contribution in [0.1, 0.15) is 11.5 Å². The smallest absolute Gasteiger partial charge is 0.231 e. The molecule has 1 amide bonds. The molecule has 76 valence electrons. The second-order valence-corrected chi connectivity index (χ2v) is 3.38. The van der Waals surface area contributed by atoms with Gasteiger partial charge in [-0.3, -0.25) is 4.79 Å². The largest absolute Gasteiger partial charge is 0.395 e. The summed E-state index contributed by atoms with van der Waals surface area (Å²) in [5.74, 6) is -0.509. The molecule has 0 bridgehead atoms. The van der Waals surface area contributed by atoms with Gasteiger partial charge in [-0.2, -0.15) is 0 Å². The number of carbonyl (C=O) groups is 1. The molecule has 0 radical (unpaired) electrons. The van der Waals surface area contributed by atoms with Gasteiger partial charge >= 0.3 is 0 Å². The fourth-order valence-corrected chi connectivity index (χ4v) is 1.32. The van der Waals surface area contributed by atoms with Crippen LogP contribution in [0.15, 0.2) is 30.3 Å². The summed E-state index contributed by atoms with van der Waals surface area (Å²) in [6.07, 6.45) is 0. The predicted molar refractivity (Wildman–Crippen MR) is 55.0 cm³/mol. The first kappa shape index (κ1) is 10.7. The Hall–Kier alpha value is -1.35. The molecular weight excluding hydrogens is 178 g/mol. The topological polar surface area (TPSA) is 40.5 Å². The third-order valence-electron chi connectivity index (χ3n) is 2.12. The first-order chi connectivity index (χ1) is 6.66. The van der Waals surface area contributed by atoms with Crippen LogP contribution < -0.4 is 0 Å². The van der Waals surface area contributed by atoms with E-state index in [0.29, 0.717) is 0 Å². The first-order valence-corrected chi connectivity index (χ1v) is 4.53. The maximum Gasteiger partial charge on any atom is 0.231 e. The number of benzene rings is 1. The van der Waals surface area contributed by atoms with Crippen LogP contribution >= 0.6 is 0 Å². The van der Waals surface area contributed by atoms with E-state index in [1.807, 2.05) is 30.3 Å². The minimum atomic E-state index is -0.439. The lowest BCUT2D eigenvalue weighted by Gasteiger charge is -2.18. The molecule has 1 atom stereocenters. The molecule has 1 N–H and O–H groups in total. The maximum absolute atomic E-state index is 11.6. The van der Waals surface area contributed by atoms with E-state index in [0.717, 1.165) is 5.56 Å². The normalized spacial score (nSPS) is 12.2. The molecule has 0 spiro atoms. The zero-order valence-electron chi connectivity index (χ0n) is 8.47. The van der Waals surface area contributed by atoms with Crippen LogP contribution in [-0.2, 0) is 4.79 Å². The van der Waals surface area contributed by atoms with Crippen LogP contribution in [0.4, 0.5) is 0 Å². The molecule has 3 nitrogen and oxygen atoms in total. The molecule has 1 rings (SSSR count). The summed E-state index contributed by atoms with van der Waals surface area (Å²) in [6, 6.07) is 9.31. The van der Waals surface area contributed by atoms with Crippen molar-refractivity contribution < 1.29 is 9.90 Å².